The van der Waals surface area contributed by atoms with Gasteiger partial charge in [0, 0.05) is 32.1 Å². The van der Waals surface area contributed by atoms with Crippen molar-refractivity contribution < 1.29 is 5.11 Å². The van der Waals surface area contributed by atoms with E-state index in [4.69, 9.17) is 0 Å². The quantitative estimate of drug-likeness (QED) is 0.779. The van der Waals surface area contributed by atoms with E-state index in [-0.39, 0.29) is 18.1 Å². The van der Waals surface area contributed by atoms with Gasteiger partial charge in [0.15, 0.2) is 11.5 Å². The molecule has 1 unspecified atom stereocenters. The SMILES string of the molecule is CNc1cn2ccnc2c(NC(CCO)C(C)(C)C)n1. The van der Waals surface area contributed by atoms with E-state index in [2.05, 4.69) is 41.4 Å². The monoisotopic (exact) mass is 277 g/mol. The van der Waals surface area contributed by atoms with Gasteiger partial charge in [-0.15, -0.1) is 0 Å². The van der Waals surface area contributed by atoms with Crippen molar-refractivity contribution in [3.63, 3.8) is 0 Å². The number of aromatic nitrogens is 3. The molecule has 0 aromatic carbocycles. The number of aliphatic hydroxyl groups is 1. The predicted octanol–water partition coefficient (Wildman–Crippen LogP) is 1.98. The molecule has 0 aliphatic heterocycles. The average Bonchev–Trinajstić information content (AvgIpc) is 2.85. The zero-order chi connectivity index (χ0) is 14.8. The van der Waals surface area contributed by atoms with Crippen molar-refractivity contribution in [2.45, 2.75) is 33.2 Å². The Morgan fingerprint density at radius 2 is 2.15 bits per heavy atom. The second-order valence-electron chi connectivity index (χ2n) is 5.96. The molecule has 0 fully saturated rings. The molecule has 2 aromatic heterocycles. The number of hydrogen-bond donors (Lipinski definition) is 3. The normalized spacial score (nSPS) is 13.4. The number of rotatable bonds is 5. The lowest BCUT2D eigenvalue weighted by atomic mass is 9.85. The van der Waals surface area contributed by atoms with Gasteiger partial charge in [-0.2, -0.15) is 0 Å². The molecule has 2 heterocycles. The zero-order valence-corrected chi connectivity index (χ0v) is 12.5. The number of aliphatic hydroxyl groups excluding tert-OH is 1. The van der Waals surface area contributed by atoms with Crippen molar-refractivity contribution in [3.8, 4) is 0 Å². The molecule has 2 aromatic rings. The summed E-state index contributed by atoms with van der Waals surface area (Å²) in [6.07, 6.45) is 6.20. The molecule has 0 aliphatic rings. The van der Waals surface area contributed by atoms with Crippen molar-refractivity contribution >= 4 is 17.3 Å². The molecule has 0 spiro atoms. The number of fused-ring (bicyclic) bond motifs is 1. The summed E-state index contributed by atoms with van der Waals surface area (Å²) in [6, 6.07) is 0.118. The fourth-order valence-corrected chi connectivity index (χ4v) is 2.16. The summed E-state index contributed by atoms with van der Waals surface area (Å²) in [5, 5.41) is 15.7. The van der Waals surface area contributed by atoms with Gasteiger partial charge in [-0.25, -0.2) is 9.97 Å². The summed E-state index contributed by atoms with van der Waals surface area (Å²) >= 11 is 0. The lowest BCUT2D eigenvalue weighted by Gasteiger charge is -2.31. The molecule has 0 amide bonds. The third-order valence-corrected chi connectivity index (χ3v) is 3.40. The fraction of sp³-hybridized carbons (Fsp3) is 0.571. The van der Waals surface area contributed by atoms with Gasteiger partial charge in [-0.3, -0.25) is 0 Å². The molecule has 6 nitrogen and oxygen atoms in total. The maximum Gasteiger partial charge on any atom is 0.180 e. The minimum Gasteiger partial charge on any atom is -0.396 e. The van der Waals surface area contributed by atoms with Gasteiger partial charge >= 0.3 is 0 Å². The van der Waals surface area contributed by atoms with Crippen LogP contribution in [-0.4, -0.2) is 39.2 Å². The van der Waals surface area contributed by atoms with Crippen molar-refractivity contribution in [3.05, 3.63) is 18.6 Å². The van der Waals surface area contributed by atoms with Crippen LogP contribution in [0.5, 0.6) is 0 Å². The lowest BCUT2D eigenvalue weighted by Crippen LogP contribution is -2.35. The third kappa shape index (κ3) is 3.01. The molecule has 0 saturated carbocycles. The second-order valence-corrected chi connectivity index (χ2v) is 5.96. The maximum absolute atomic E-state index is 9.26. The van der Waals surface area contributed by atoms with Gasteiger partial charge in [0.25, 0.3) is 0 Å². The average molecular weight is 277 g/mol. The molecule has 20 heavy (non-hydrogen) atoms. The first-order valence-corrected chi connectivity index (χ1v) is 6.84. The second kappa shape index (κ2) is 5.66. The number of anilines is 2. The smallest absolute Gasteiger partial charge is 0.180 e. The van der Waals surface area contributed by atoms with Crippen LogP contribution >= 0.6 is 0 Å². The summed E-state index contributed by atoms with van der Waals surface area (Å²) in [5.41, 5.74) is 0.806. The highest BCUT2D eigenvalue weighted by atomic mass is 16.3. The van der Waals surface area contributed by atoms with E-state index in [1.165, 1.54) is 0 Å². The Balaban J connectivity index is 2.38. The molecule has 110 valence electrons. The first kappa shape index (κ1) is 14.6. The highest BCUT2D eigenvalue weighted by Gasteiger charge is 2.25. The molecule has 6 heteroatoms. The van der Waals surface area contributed by atoms with Crippen LogP contribution in [0.4, 0.5) is 11.6 Å². The maximum atomic E-state index is 9.26. The van der Waals surface area contributed by atoms with Gasteiger partial charge in [0.05, 0.1) is 6.20 Å². The summed E-state index contributed by atoms with van der Waals surface area (Å²) in [6.45, 7) is 6.58. The summed E-state index contributed by atoms with van der Waals surface area (Å²) in [5.74, 6) is 1.50. The third-order valence-electron chi connectivity index (χ3n) is 3.40. The molecule has 2 rings (SSSR count). The fourth-order valence-electron chi connectivity index (χ4n) is 2.16. The van der Waals surface area contributed by atoms with Crippen LogP contribution in [0.2, 0.25) is 0 Å². The van der Waals surface area contributed by atoms with Crippen LogP contribution < -0.4 is 10.6 Å². The highest BCUT2D eigenvalue weighted by Crippen LogP contribution is 2.26. The van der Waals surface area contributed by atoms with E-state index < -0.39 is 0 Å². The number of nitrogens with zero attached hydrogens (tertiary/aromatic N) is 3. The number of nitrogens with one attached hydrogen (secondary N) is 2. The van der Waals surface area contributed by atoms with Crippen LogP contribution in [0.25, 0.3) is 5.65 Å². The first-order valence-electron chi connectivity index (χ1n) is 6.84. The predicted molar refractivity (Wildman–Crippen MR) is 81.1 cm³/mol. The Kier molecular flexibility index (Phi) is 4.13. The Hall–Kier alpha value is -1.82. The minimum absolute atomic E-state index is 0.0175. The molecular weight excluding hydrogens is 254 g/mol. The van der Waals surface area contributed by atoms with Gasteiger partial charge in [-0.05, 0) is 11.8 Å². The topological polar surface area (TPSA) is 74.5 Å². The molecule has 3 N–H and O–H groups in total. The van der Waals surface area contributed by atoms with Crippen molar-refractivity contribution in [1.29, 1.82) is 0 Å². The Morgan fingerprint density at radius 3 is 2.75 bits per heavy atom. The molecule has 0 bridgehead atoms. The van der Waals surface area contributed by atoms with E-state index in [9.17, 15) is 5.11 Å². The summed E-state index contributed by atoms with van der Waals surface area (Å²) in [4.78, 5) is 8.88. The molecule has 0 radical (unpaired) electrons. The van der Waals surface area contributed by atoms with Crippen LogP contribution in [0, 0.1) is 5.41 Å². The van der Waals surface area contributed by atoms with E-state index in [0.29, 0.717) is 6.42 Å². The minimum atomic E-state index is 0.0175. The van der Waals surface area contributed by atoms with E-state index in [1.807, 2.05) is 23.8 Å². The van der Waals surface area contributed by atoms with Crippen LogP contribution in [0.3, 0.4) is 0 Å². The van der Waals surface area contributed by atoms with Crippen molar-refractivity contribution in [1.82, 2.24) is 14.4 Å². The number of hydrogen-bond acceptors (Lipinski definition) is 5. The largest absolute Gasteiger partial charge is 0.396 e. The summed E-state index contributed by atoms with van der Waals surface area (Å²) < 4.78 is 1.93. The van der Waals surface area contributed by atoms with Gasteiger partial charge in [0.2, 0.25) is 0 Å². The molecule has 0 saturated heterocycles. The van der Waals surface area contributed by atoms with Crippen LogP contribution in [-0.2, 0) is 0 Å². The lowest BCUT2D eigenvalue weighted by molar-refractivity contribution is 0.235. The van der Waals surface area contributed by atoms with E-state index >= 15 is 0 Å². The van der Waals surface area contributed by atoms with Crippen molar-refractivity contribution in [2.75, 3.05) is 24.3 Å². The van der Waals surface area contributed by atoms with E-state index in [0.717, 1.165) is 17.3 Å². The molecule has 0 aliphatic carbocycles. The Labute approximate surface area is 119 Å². The van der Waals surface area contributed by atoms with E-state index in [1.54, 1.807) is 6.20 Å². The summed E-state index contributed by atoms with van der Waals surface area (Å²) in [7, 11) is 1.84. The molecule has 1 atom stereocenters. The van der Waals surface area contributed by atoms with Gasteiger partial charge in [0.1, 0.15) is 5.82 Å². The van der Waals surface area contributed by atoms with Gasteiger partial charge in [-0.1, -0.05) is 20.8 Å². The number of imidazole rings is 1. The van der Waals surface area contributed by atoms with Crippen molar-refractivity contribution in [2.24, 2.45) is 5.41 Å². The Bertz CT molecular complexity index is 572. The van der Waals surface area contributed by atoms with Crippen LogP contribution in [0.15, 0.2) is 18.6 Å². The van der Waals surface area contributed by atoms with Crippen LogP contribution in [0.1, 0.15) is 27.2 Å². The Morgan fingerprint density at radius 1 is 1.40 bits per heavy atom. The standard InChI is InChI=1S/C14H23N5O/c1-14(2,3)10(5-8-20)17-12-13-16-6-7-19(13)9-11(15-4)18-12/h6-7,9-10,15,20H,5,8H2,1-4H3,(H,17,18). The van der Waals surface area contributed by atoms with Gasteiger partial charge < -0.3 is 20.1 Å². The first-order chi connectivity index (χ1) is 9.45. The molecular formula is C14H23N5O. The zero-order valence-electron chi connectivity index (χ0n) is 12.5. The highest BCUT2D eigenvalue weighted by molar-refractivity contribution is 5.65.